The smallest absolute Gasteiger partial charge is 0.444 e. The summed E-state index contributed by atoms with van der Waals surface area (Å²) in [6.45, 7) is 13.5. The van der Waals surface area contributed by atoms with E-state index >= 15 is 0 Å². The second kappa shape index (κ2) is 7.52. The lowest BCUT2D eigenvalue weighted by Gasteiger charge is -2.32. The van der Waals surface area contributed by atoms with Crippen molar-refractivity contribution in [3.05, 3.63) is 29.4 Å². The molecule has 8 heteroatoms. The van der Waals surface area contributed by atoms with Gasteiger partial charge in [-0.15, -0.1) is 0 Å². The number of carbonyl (C=O) groups excluding carboxylic acids is 1. The number of nitrogens with zero attached hydrogens (tertiary/aromatic N) is 1. The molecule has 0 radical (unpaired) electrons. The Labute approximate surface area is 161 Å². The molecule has 148 valence electrons. The second-order valence-electron chi connectivity index (χ2n) is 8.64. The number of rotatable bonds is 4. The first-order valence-electron chi connectivity index (χ1n) is 9.04. The molecule has 1 fully saturated rings. The summed E-state index contributed by atoms with van der Waals surface area (Å²) >= 11 is 0. The van der Waals surface area contributed by atoms with Crippen LogP contribution in [-0.2, 0) is 14.0 Å². The normalized spacial score (nSPS) is 19.1. The van der Waals surface area contributed by atoms with Crippen LogP contribution in [0.1, 0.15) is 54.0 Å². The monoisotopic (exact) mass is 375 g/mol. The van der Waals surface area contributed by atoms with Crippen LogP contribution in [0.4, 0.5) is 10.6 Å². The van der Waals surface area contributed by atoms with Crippen LogP contribution >= 0.6 is 0 Å². The van der Waals surface area contributed by atoms with E-state index in [1.807, 2.05) is 60.6 Å². The number of hydrogen-bond acceptors (Lipinski definition) is 6. The minimum atomic E-state index is -0.621. The molecule has 1 aliphatic heterocycles. The number of anilines is 1. The van der Waals surface area contributed by atoms with Crippen molar-refractivity contribution in [1.82, 2.24) is 10.3 Å². The zero-order valence-corrected chi connectivity index (χ0v) is 17.3. The van der Waals surface area contributed by atoms with E-state index < -0.39 is 30.0 Å². The lowest BCUT2D eigenvalue weighted by molar-refractivity contribution is 0.00578. The van der Waals surface area contributed by atoms with E-state index in [9.17, 15) is 4.79 Å². The molecule has 1 aliphatic rings. The maximum absolute atomic E-state index is 12.1. The van der Waals surface area contributed by atoms with E-state index in [1.165, 1.54) is 0 Å². The molecule has 0 aliphatic carbocycles. The summed E-state index contributed by atoms with van der Waals surface area (Å²) < 4.78 is 17.6. The molecule has 0 saturated carbocycles. The number of pyridine rings is 1. The van der Waals surface area contributed by atoms with Crippen molar-refractivity contribution < 1.29 is 18.8 Å². The Kier molecular flexibility index (Phi) is 5.92. The number of carbonyl (C=O) groups is 1. The third-order valence-corrected chi connectivity index (χ3v) is 4.60. The van der Waals surface area contributed by atoms with E-state index in [-0.39, 0.29) is 6.54 Å². The number of alkyl carbamates (subject to hydrolysis) is 1. The Morgan fingerprint density at radius 1 is 1.30 bits per heavy atom. The SMILES string of the molecule is CC(C)(C)OC(=O)NCC(=Cc1cccnc1N)B1OC(C)(C)C(C)(C)O1. The highest BCUT2D eigenvalue weighted by Crippen LogP contribution is 2.38. The summed E-state index contributed by atoms with van der Waals surface area (Å²) in [4.78, 5) is 16.2. The highest BCUT2D eigenvalue weighted by Gasteiger charge is 2.52. The highest BCUT2D eigenvalue weighted by atomic mass is 16.7. The van der Waals surface area contributed by atoms with Crippen LogP contribution in [0.5, 0.6) is 0 Å². The largest absolute Gasteiger partial charge is 0.492 e. The van der Waals surface area contributed by atoms with E-state index in [2.05, 4.69) is 10.3 Å². The summed E-state index contributed by atoms with van der Waals surface area (Å²) in [6, 6.07) is 3.65. The number of amides is 1. The van der Waals surface area contributed by atoms with E-state index in [0.29, 0.717) is 5.82 Å². The van der Waals surface area contributed by atoms with Crippen LogP contribution < -0.4 is 11.1 Å². The maximum Gasteiger partial charge on any atom is 0.492 e. The van der Waals surface area contributed by atoms with E-state index in [1.54, 1.807) is 12.3 Å². The van der Waals surface area contributed by atoms with Gasteiger partial charge in [-0.2, -0.15) is 0 Å². The zero-order chi connectivity index (χ0) is 20.5. The predicted molar refractivity (Wildman–Crippen MR) is 107 cm³/mol. The molecule has 1 amide bonds. The van der Waals surface area contributed by atoms with Crippen molar-refractivity contribution in [3.8, 4) is 0 Å². The predicted octanol–water partition coefficient (Wildman–Crippen LogP) is 3.20. The Morgan fingerprint density at radius 3 is 2.41 bits per heavy atom. The average molecular weight is 375 g/mol. The van der Waals surface area contributed by atoms with Crippen LogP contribution in [0, 0.1) is 0 Å². The summed E-state index contributed by atoms with van der Waals surface area (Å²) in [5.41, 5.74) is 5.84. The molecule has 0 atom stereocenters. The first kappa shape index (κ1) is 21.2. The summed E-state index contributed by atoms with van der Waals surface area (Å²) in [6.07, 6.45) is 2.95. The van der Waals surface area contributed by atoms with Crippen molar-refractivity contribution >= 4 is 25.1 Å². The minimum Gasteiger partial charge on any atom is -0.444 e. The molecule has 1 aromatic heterocycles. The van der Waals surface area contributed by atoms with Gasteiger partial charge in [0.05, 0.1) is 11.2 Å². The van der Waals surface area contributed by atoms with Crippen molar-refractivity contribution in [2.75, 3.05) is 12.3 Å². The lowest BCUT2D eigenvalue weighted by Crippen LogP contribution is -2.41. The molecule has 2 rings (SSSR count). The van der Waals surface area contributed by atoms with Gasteiger partial charge in [0.25, 0.3) is 0 Å². The van der Waals surface area contributed by atoms with Crippen LogP contribution in [0.2, 0.25) is 0 Å². The first-order chi connectivity index (χ1) is 12.3. The third-order valence-electron chi connectivity index (χ3n) is 4.60. The summed E-state index contributed by atoms with van der Waals surface area (Å²) in [7, 11) is -0.621. The molecule has 0 bridgehead atoms. The number of ether oxygens (including phenoxy) is 1. The quantitative estimate of drug-likeness (QED) is 0.785. The molecule has 7 nitrogen and oxygen atoms in total. The Balaban J connectivity index is 2.25. The minimum absolute atomic E-state index is 0.195. The summed E-state index contributed by atoms with van der Waals surface area (Å²) in [5, 5.41) is 2.76. The van der Waals surface area contributed by atoms with Crippen LogP contribution in [0.3, 0.4) is 0 Å². The summed E-state index contributed by atoms with van der Waals surface area (Å²) in [5.74, 6) is 0.392. The number of hydrogen-bond donors (Lipinski definition) is 2. The van der Waals surface area contributed by atoms with Gasteiger partial charge in [0, 0.05) is 18.3 Å². The molecule has 1 saturated heterocycles. The standard InChI is InChI=1S/C19H30BN3O4/c1-17(2,3)25-16(24)23-12-14(11-13-9-8-10-22-15(13)21)20-26-18(4,5)19(6,7)27-20/h8-11H,12H2,1-7H3,(H2,21,22)(H,23,24). The number of nitrogens with two attached hydrogens (primary N) is 1. The fourth-order valence-corrected chi connectivity index (χ4v) is 2.44. The maximum atomic E-state index is 12.1. The number of nitrogen functional groups attached to an aromatic ring is 1. The topological polar surface area (TPSA) is 95.7 Å². The van der Waals surface area contributed by atoms with E-state index in [0.717, 1.165) is 11.0 Å². The Hall–Kier alpha value is -2.06. The van der Waals surface area contributed by atoms with Gasteiger partial charge in [-0.3, -0.25) is 0 Å². The zero-order valence-electron chi connectivity index (χ0n) is 17.3. The fraction of sp³-hybridized carbons (Fsp3) is 0.579. The van der Waals surface area contributed by atoms with Gasteiger partial charge in [0.1, 0.15) is 11.4 Å². The Morgan fingerprint density at radius 2 is 1.89 bits per heavy atom. The highest BCUT2D eigenvalue weighted by molar-refractivity contribution is 6.56. The van der Waals surface area contributed by atoms with Gasteiger partial charge < -0.3 is 25.1 Å². The molecule has 0 unspecified atom stereocenters. The number of aromatic nitrogens is 1. The third kappa shape index (κ3) is 5.46. The Bertz CT molecular complexity index is 710. The van der Waals surface area contributed by atoms with Gasteiger partial charge in [-0.25, -0.2) is 9.78 Å². The number of nitrogens with one attached hydrogen (secondary N) is 1. The van der Waals surface area contributed by atoms with Crippen molar-refractivity contribution in [2.45, 2.75) is 65.3 Å². The van der Waals surface area contributed by atoms with Gasteiger partial charge in [-0.1, -0.05) is 6.08 Å². The average Bonchev–Trinajstić information content (AvgIpc) is 2.71. The van der Waals surface area contributed by atoms with Crippen LogP contribution in [0.25, 0.3) is 6.08 Å². The first-order valence-corrected chi connectivity index (χ1v) is 9.04. The van der Waals surface area contributed by atoms with Crippen molar-refractivity contribution in [3.63, 3.8) is 0 Å². The molecule has 3 N–H and O–H groups in total. The molecule has 1 aromatic rings. The van der Waals surface area contributed by atoms with Crippen molar-refractivity contribution in [1.29, 1.82) is 0 Å². The molecule has 0 spiro atoms. The molecular weight excluding hydrogens is 345 g/mol. The molecule has 0 aromatic carbocycles. The molecule has 27 heavy (non-hydrogen) atoms. The second-order valence-corrected chi connectivity index (χ2v) is 8.64. The van der Waals surface area contributed by atoms with Crippen molar-refractivity contribution in [2.24, 2.45) is 0 Å². The fourth-order valence-electron chi connectivity index (χ4n) is 2.44. The van der Waals surface area contributed by atoms with Gasteiger partial charge in [0.15, 0.2) is 0 Å². The van der Waals surface area contributed by atoms with Gasteiger partial charge in [-0.05, 0) is 66.1 Å². The van der Waals surface area contributed by atoms with Crippen LogP contribution in [0.15, 0.2) is 23.8 Å². The molecular formula is C19H30BN3O4. The van der Waals surface area contributed by atoms with E-state index in [4.69, 9.17) is 19.8 Å². The van der Waals surface area contributed by atoms with Gasteiger partial charge in [0.2, 0.25) is 0 Å². The lowest BCUT2D eigenvalue weighted by atomic mass is 9.77. The van der Waals surface area contributed by atoms with Crippen LogP contribution in [-0.4, -0.2) is 41.5 Å². The van der Waals surface area contributed by atoms with Gasteiger partial charge >= 0.3 is 13.2 Å². The molecule has 2 heterocycles.